The van der Waals surface area contributed by atoms with Crippen molar-refractivity contribution in [2.75, 3.05) is 11.4 Å². The van der Waals surface area contributed by atoms with Crippen LogP contribution in [0.15, 0.2) is 0 Å². The molecule has 6 heteroatoms. The van der Waals surface area contributed by atoms with Gasteiger partial charge >= 0.3 is 5.97 Å². The molecule has 2 heterocycles. The molecule has 5 nitrogen and oxygen atoms in total. The number of carbonyl (C=O) groups is 2. The summed E-state index contributed by atoms with van der Waals surface area (Å²) in [5.74, 6) is -0.309. The van der Waals surface area contributed by atoms with Crippen LogP contribution in [0.1, 0.15) is 54.3 Å². The molecule has 1 fully saturated rings. The molecule has 0 radical (unpaired) electrons. The molecule has 110 valence electrons. The summed E-state index contributed by atoms with van der Waals surface area (Å²) in [5.41, 5.74) is -0.115. The van der Waals surface area contributed by atoms with Gasteiger partial charge in [0.25, 0.3) is 0 Å². The van der Waals surface area contributed by atoms with Crippen molar-refractivity contribution in [1.82, 2.24) is 4.98 Å². The molecule has 2 rings (SSSR count). The van der Waals surface area contributed by atoms with Gasteiger partial charge in [-0.2, -0.15) is 0 Å². The minimum atomic E-state index is -1.14. The van der Waals surface area contributed by atoms with Crippen LogP contribution in [-0.2, 0) is 0 Å². The molecule has 0 aliphatic carbocycles. The van der Waals surface area contributed by atoms with Crippen LogP contribution in [0.2, 0.25) is 0 Å². The van der Waals surface area contributed by atoms with E-state index in [-0.39, 0.29) is 16.4 Å². The molecule has 1 N–H and O–H groups in total. The third-order valence-electron chi connectivity index (χ3n) is 3.98. The number of piperidine rings is 1. The summed E-state index contributed by atoms with van der Waals surface area (Å²) in [6.45, 7) is 8.76. The molecule has 0 spiro atoms. The second kappa shape index (κ2) is 5.52. The Labute approximate surface area is 122 Å². The fourth-order valence-electron chi connectivity index (χ4n) is 2.78. The second-order valence-electron chi connectivity index (χ2n) is 5.75. The van der Waals surface area contributed by atoms with Gasteiger partial charge in [0.05, 0.1) is 0 Å². The predicted octanol–water partition coefficient (Wildman–Crippen LogP) is 2.91. The quantitative estimate of drug-likeness (QED) is 0.868. The lowest BCUT2D eigenvalue weighted by Crippen LogP contribution is -2.45. The number of hydrogen-bond donors (Lipinski definition) is 1. The van der Waals surface area contributed by atoms with Gasteiger partial charge in [-0.15, -0.1) is 0 Å². The molecule has 3 unspecified atom stereocenters. The van der Waals surface area contributed by atoms with Gasteiger partial charge in [-0.05, 0) is 25.2 Å². The Morgan fingerprint density at radius 3 is 2.50 bits per heavy atom. The molecule has 0 bridgehead atoms. The highest BCUT2D eigenvalue weighted by Crippen LogP contribution is 2.35. The number of ketones is 1. The zero-order valence-corrected chi connectivity index (χ0v) is 13.0. The van der Waals surface area contributed by atoms with Crippen LogP contribution in [-0.4, -0.2) is 34.4 Å². The molecule has 20 heavy (non-hydrogen) atoms. The minimum Gasteiger partial charge on any atom is -0.476 e. The van der Waals surface area contributed by atoms with Gasteiger partial charge in [0, 0.05) is 19.5 Å². The van der Waals surface area contributed by atoms with E-state index in [9.17, 15) is 9.59 Å². The Bertz CT molecular complexity index is 509. The van der Waals surface area contributed by atoms with Crippen molar-refractivity contribution in [3.05, 3.63) is 10.6 Å². The summed E-state index contributed by atoms with van der Waals surface area (Å²) < 4.78 is 0. The maximum atomic E-state index is 11.6. The van der Waals surface area contributed by atoms with E-state index >= 15 is 0 Å². The van der Waals surface area contributed by atoms with E-state index in [4.69, 9.17) is 5.11 Å². The predicted molar refractivity (Wildman–Crippen MR) is 78.8 cm³/mol. The smallest absolute Gasteiger partial charge is 0.356 e. The average Bonchev–Trinajstić information content (AvgIpc) is 2.78. The number of anilines is 1. The second-order valence-corrected chi connectivity index (χ2v) is 6.72. The summed E-state index contributed by atoms with van der Waals surface area (Å²) in [5, 5.41) is 9.82. The molecule has 1 aliphatic rings. The average molecular weight is 296 g/mol. The third-order valence-corrected chi connectivity index (χ3v) is 5.17. The van der Waals surface area contributed by atoms with E-state index in [2.05, 4.69) is 30.7 Å². The van der Waals surface area contributed by atoms with E-state index in [1.165, 1.54) is 18.3 Å². The molecular weight excluding hydrogens is 276 g/mol. The number of carboxylic acids is 1. The highest BCUT2D eigenvalue weighted by Gasteiger charge is 2.32. The number of rotatable bonds is 3. The lowest BCUT2D eigenvalue weighted by Gasteiger charge is -2.41. The van der Waals surface area contributed by atoms with E-state index in [0.717, 1.165) is 13.0 Å². The standard InChI is InChI=1S/C14H20N2O3S/c1-7-5-8(2)9(3)16(6-7)14-15-11(13(18)19)12(20-14)10(4)17/h7-9H,5-6H2,1-4H3,(H,18,19). The van der Waals surface area contributed by atoms with Crippen LogP contribution in [0, 0.1) is 11.8 Å². The van der Waals surface area contributed by atoms with Gasteiger partial charge in [0.2, 0.25) is 0 Å². The van der Waals surface area contributed by atoms with Crippen molar-refractivity contribution < 1.29 is 14.7 Å². The maximum Gasteiger partial charge on any atom is 0.356 e. The third kappa shape index (κ3) is 2.70. The highest BCUT2D eigenvalue weighted by molar-refractivity contribution is 7.17. The van der Waals surface area contributed by atoms with Crippen LogP contribution >= 0.6 is 11.3 Å². The molecule has 0 saturated carbocycles. The van der Waals surface area contributed by atoms with Crippen molar-refractivity contribution in [2.24, 2.45) is 11.8 Å². The first-order valence-electron chi connectivity index (χ1n) is 6.83. The number of carboxylic acid groups (broad SMARTS) is 1. The van der Waals surface area contributed by atoms with Crippen molar-refractivity contribution in [1.29, 1.82) is 0 Å². The molecule has 1 aromatic heterocycles. The summed E-state index contributed by atoms with van der Waals surface area (Å²) >= 11 is 1.19. The summed E-state index contributed by atoms with van der Waals surface area (Å²) in [6.07, 6.45) is 1.16. The number of hydrogen-bond acceptors (Lipinski definition) is 5. The Balaban J connectivity index is 2.39. The highest BCUT2D eigenvalue weighted by atomic mass is 32.1. The van der Waals surface area contributed by atoms with Crippen LogP contribution < -0.4 is 4.90 Å². The fourth-order valence-corrected chi connectivity index (χ4v) is 3.83. The van der Waals surface area contributed by atoms with Gasteiger partial charge in [-0.1, -0.05) is 25.2 Å². The van der Waals surface area contributed by atoms with Gasteiger partial charge in [-0.25, -0.2) is 9.78 Å². The molecule has 0 amide bonds. The number of thiazole rings is 1. The summed E-state index contributed by atoms with van der Waals surface area (Å²) in [6, 6.07) is 0.304. The van der Waals surface area contributed by atoms with Gasteiger partial charge in [0.15, 0.2) is 16.6 Å². The monoisotopic (exact) mass is 296 g/mol. The normalized spacial score (nSPS) is 26.6. The number of carbonyl (C=O) groups excluding carboxylic acids is 1. The van der Waals surface area contributed by atoms with Gasteiger partial charge in [0.1, 0.15) is 4.88 Å². The van der Waals surface area contributed by atoms with Crippen LogP contribution in [0.25, 0.3) is 0 Å². The number of aromatic carboxylic acids is 1. The van der Waals surface area contributed by atoms with Crippen molar-refractivity contribution in [3.8, 4) is 0 Å². The Morgan fingerprint density at radius 1 is 1.35 bits per heavy atom. The SMILES string of the molecule is CC(=O)c1sc(N2CC(C)CC(C)C2C)nc1C(=O)O. The Kier molecular flexibility index (Phi) is 4.13. The number of Topliss-reactive ketones (excluding diaryl/α,β-unsaturated/α-hetero) is 1. The molecular formula is C14H20N2O3S. The summed E-state index contributed by atoms with van der Waals surface area (Å²) in [7, 11) is 0. The first kappa shape index (κ1) is 15.0. The first-order chi connectivity index (χ1) is 9.31. The molecule has 1 saturated heterocycles. The Morgan fingerprint density at radius 2 is 2.00 bits per heavy atom. The zero-order chi connectivity index (χ0) is 15.0. The van der Waals surface area contributed by atoms with Crippen molar-refractivity contribution >= 4 is 28.2 Å². The van der Waals surface area contributed by atoms with E-state index in [0.29, 0.717) is 23.0 Å². The van der Waals surface area contributed by atoms with Gasteiger partial charge in [-0.3, -0.25) is 4.79 Å². The summed E-state index contributed by atoms with van der Waals surface area (Å²) in [4.78, 5) is 29.4. The molecule has 3 atom stereocenters. The lowest BCUT2D eigenvalue weighted by molar-refractivity contribution is 0.0687. The molecule has 1 aliphatic heterocycles. The van der Waals surface area contributed by atoms with E-state index < -0.39 is 5.97 Å². The number of aromatic nitrogens is 1. The van der Waals surface area contributed by atoms with Crippen LogP contribution in [0.4, 0.5) is 5.13 Å². The zero-order valence-electron chi connectivity index (χ0n) is 12.2. The topological polar surface area (TPSA) is 70.5 Å². The molecule has 0 aromatic carbocycles. The van der Waals surface area contributed by atoms with Crippen LogP contribution in [0.5, 0.6) is 0 Å². The number of nitrogens with zero attached hydrogens (tertiary/aromatic N) is 2. The van der Waals surface area contributed by atoms with Crippen molar-refractivity contribution in [3.63, 3.8) is 0 Å². The molecule has 1 aromatic rings. The van der Waals surface area contributed by atoms with Crippen LogP contribution in [0.3, 0.4) is 0 Å². The van der Waals surface area contributed by atoms with E-state index in [1.807, 2.05) is 0 Å². The minimum absolute atomic E-state index is 0.115. The van der Waals surface area contributed by atoms with Crippen molar-refractivity contribution in [2.45, 2.75) is 40.2 Å². The Hall–Kier alpha value is -1.43. The lowest BCUT2D eigenvalue weighted by atomic mass is 9.86. The largest absolute Gasteiger partial charge is 0.476 e. The first-order valence-corrected chi connectivity index (χ1v) is 7.64. The maximum absolute atomic E-state index is 11.6. The fraction of sp³-hybridized carbons (Fsp3) is 0.643. The van der Waals surface area contributed by atoms with E-state index in [1.54, 1.807) is 0 Å². The van der Waals surface area contributed by atoms with Gasteiger partial charge < -0.3 is 10.0 Å².